The standard InChI is InChI=1S/C13H17F3N2OS/c1-2-3-4-9-17-12(19)18-10-5-7-11(8-6-10)20-13(14,15)16/h5-8H,2-4,9H2,1H3,(H2,17,18,19). The molecule has 0 atom stereocenters. The van der Waals surface area contributed by atoms with E-state index in [4.69, 9.17) is 0 Å². The fourth-order valence-corrected chi connectivity index (χ4v) is 2.03. The maximum absolute atomic E-state index is 12.1. The van der Waals surface area contributed by atoms with Gasteiger partial charge in [0.25, 0.3) is 0 Å². The van der Waals surface area contributed by atoms with Crippen LogP contribution in [0.15, 0.2) is 29.2 Å². The molecule has 2 N–H and O–H groups in total. The van der Waals surface area contributed by atoms with Crippen LogP contribution < -0.4 is 10.6 Å². The lowest BCUT2D eigenvalue weighted by Gasteiger charge is -2.09. The summed E-state index contributed by atoms with van der Waals surface area (Å²) in [6, 6.07) is 5.19. The zero-order valence-electron chi connectivity index (χ0n) is 11.1. The molecule has 0 aliphatic carbocycles. The van der Waals surface area contributed by atoms with Crippen LogP contribution in [0.5, 0.6) is 0 Å². The fourth-order valence-electron chi connectivity index (χ4n) is 1.49. The third-order valence-corrected chi connectivity index (χ3v) is 3.15. The number of carbonyl (C=O) groups excluding carboxylic acids is 1. The van der Waals surface area contributed by atoms with Gasteiger partial charge in [-0.15, -0.1) is 0 Å². The molecule has 0 bridgehead atoms. The lowest BCUT2D eigenvalue weighted by molar-refractivity contribution is -0.0328. The van der Waals surface area contributed by atoms with Gasteiger partial charge in [-0.3, -0.25) is 0 Å². The summed E-state index contributed by atoms with van der Waals surface area (Å²) >= 11 is -0.181. The highest BCUT2D eigenvalue weighted by Crippen LogP contribution is 2.36. The fraction of sp³-hybridized carbons (Fsp3) is 0.462. The summed E-state index contributed by atoms with van der Waals surface area (Å²) in [6.45, 7) is 2.66. The van der Waals surface area contributed by atoms with Crippen molar-refractivity contribution in [1.82, 2.24) is 5.32 Å². The van der Waals surface area contributed by atoms with Crippen LogP contribution in [0, 0.1) is 0 Å². The minimum atomic E-state index is -4.30. The summed E-state index contributed by atoms with van der Waals surface area (Å²) < 4.78 is 36.4. The predicted octanol–water partition coefficient (Wildman–Crippen LogP) is 4.61. The van der Waals surface area contributed by atoms with Gasteiger partial charge in [0.2, 0.25) is 0 Å². The van der Waals surface area contributed by atoms with Crippen molar-refractivity contribution in [3.63, 3.8) is 0 Å². The molecule has 0 saturated carbocycles. The van der Waals surface area contributed by atoms with Gasteiger partial charge in [-0.2, -0.15) is 13.2 Å². The smallest absolute Gasteiger partial charge is 0.338 e. The molecule has 0 radical (unpaired) electrons. The molecule has 7 heteroatoms. The predicted molar refractivity (Wildman–Crippen MR) is 74.9 cm³/mol. The number of amides is 2. The topological polar surface area (TPSA) is 41.1 Å². The number of urea groups is 1. The van der Waals surface area contributed by atoms with E-state index in [9.17, 15) is 18.0 Å². The largest absolute Gasteiger partial charge is 0.446 e. The van der Waals surface area contributed by atoms with Gasteiger partial charge in [0.05, 0.1) is 0 Å². The monoisotopic (exact) mass is 306 g/mol. The van der Waals surface area contributed by atoms with Crippen molar-refractivity contribution in [1.29, 1.82) is 0 Å². The molecule has 1 aromatic carbocycles. The van der Waals surface area contributed by atoms with Crippen molar-refractivity contribution in [3.8, 4) is 0 Å². The summed E-state index contributed by atoms with van der Waals surface area (Å²) in [4.78, 5) is 11.6. The van der Waals surface area contributed by atoms with E-state index in [-0.39, 0.29) is 22.7 Å². The van der Waals surface area contributed by atoms with Crippen LogP contribution in [0.25, 0.3) is 0 Å². The number of rotatable bonds is 6. The van der Waals surface area contributed by atoms with Crippen LogP contribution >= 0.6 is 11.8 Å². The highest BCUT2D eigenvalue weighted by molar-refractivity contribution is 8.00. The summed E-state index contributed by atoms with van der Waals surface area (Å²) in [6.07, 6.45) is 3.02. The quantitative estimate of drug-likeness (QED) is 0.595. The van der Waals surface area contributed by atoms with Crippen molar-refractivity contribution in [3.05, 3.63) is 24.3 Å². The first-order valence-electron chi connectivity index (χ1n) is 6.31. The molecule has 0 unspecified atom stereocenters. The summed E-state index contributed by atoms with van der Waals surface area (Å²) in [5.74, 6) is 0. The molecule has 20 heavy (non-hydrogen) atoms. The number of hydrogen-bond donors (Lipinski definition) is 2. The number of thioether (sulfide) groups is 1. The van der Waals surface area contributed by atoms with Gasteiger partial charge in [-0.05, 0) is 42.4 Å². The first kappa shape index (κ1) is 16.7. The van der Waals surface area contributed by atoms with Gasteiger partial charge in [0.1, 0.15) is 0 Å². The highest BCUT2D eigenvalue weighted by atomic mass is 32.2. The third-order valence-electron chi connectivity index (χ3n) is 2.41. The van der Waals surface area contributed by atoms with Crippen LogP contribution in [0.2, 0.25) is 0 Å². The van der Waals surface area contributed by atoms with Crippen molar-refractivity contribution in [2.75, 3.05) is 11.9 Å². The second-order valence-corrected chi connectivity index (χ2v) is 5.30. The molecule has 1 aromatic rings. The summed E-state index contributed by atoms with van der Waals surface area (Å²) in [5.41, 5.74) is -3.84. The number of halogens is 3. The number of alkyl halides is 3. The highest BCUT2D eigenvalue weighted by Gasteiger charge is 2.28. The van der Waals surface area contributed by atoms with Gasteiger partial charge in [-0.1, -0.05) is 19.8 Å². The number of benzene rings is 1. The van der Waals surface area contributed by atoms with E-state index < -0.39 is 5.51 Å². The molecule has 0 heterocycles. The number of nitrogens with one attached hydrogen (secondary N) is 2. The number of unbranched alkanes of at least 4 members (excludes halogenated alkanes) is 2. The molecule has 0 aliphatic rings. The Morgan fingerprint density at radius 2 is 1.85 bits per heavy atom. The van der Waals surface area contributed by atoms with Crippen LogP contribution in [-0.2, 0) is 0 Å². The van der Waals surface area contributed by atoms with Gasteiger partial charge in [-0.25, -0.2) is 4.79 Å². The van der Waals surface area contributed by atoms with E-state index >= 15 is 0 Å². The normalized spacial score (nSPS) is 11.2. The zero-order valence-corrected chi connectivity index (χ0v) is 11.9. The molecule has 112 valence electrons. The van der Waals surface area contributed by atoms with E-state index in [1.807, 2.05) is 0 Å². The van der Waals surface area contributed by atoms with Gasteiger partial charge >= 0.3 is 11.5 Å². The van der Waals surface area contributed by atoms with Crippen LogP contribution in [-0.4, -0.2) is 18.1 Å². The Bertz CT molecular complexity index is 421. The third kappa shape index (κ3) is 7.28. The van der Waals surface area contributed by atoms with Crippen molar-refractivity contribution < 1.29 is 18.0 Å². The molecule has 0 fully saturated rings. The molecule has 1 rings (SSSR count). The average molecular weight is 306 g/mol. The maximum Gasteiger partial charge on any atom is 0.446 e. The molecule has 3 nitrogen and oxygen atoms in total. The average Bonchev–Trinajstić information content (AvgIpc) is 2.35. The van der Waals surface area contributed by atoms with Crippen LogP contribution in [0.4, 0.5) is 23.7 Å². The summed E-state index contributed by atoms with van der Waals surface area (Å²) in [7, 11) is 0. The van der Waals surface area contributed by atoms with E-state index in [2.05, 4.69) is 17.6 Å². The number of hydrogen-bond acceptors (Lipinski definition) is 2. The van der Waals surface area contributed by atoms with Gasteiger partial charge in [0.15, 0.2) is 0 Å². The molecule has 0 spiro atoms. The Hall–Kier alpha value is -1.37. The van der Waals surface area contributed by atoms with E-state index in [0.717, 1.165) is 19.3 Å². The van der Waals surface area contributed by atoms with Gasteiger partial charge in [0, 0.05) is 17.1 Å². The minimum Gasteiger partial charge on any atom is -0.338 e. The second-order valence-electron chi connectivity index (χ2n) is 4.16. The summed E-state index contributed by atoms with van der Waals surface area (Å²) in [5, 5.41) is 5.25. The first-order valence-corrected chi connectivity index (χ1v) is 7.13. The Morgan fingerprint density at radius 1 is 1.20 bits per heavy atom. The Labute approximate surface area is 120 Å². The molecule has 0 saturated heterocycles. The molecular formula is C13H17F3N2OS. The molecular weight excluding hydrogens is 289 g/mol. The van der Waals surface area contributed by atoms with Crippen LogP contribution in [0.1, 0.15) is 26.2 Å². The molecule has 2 amide bonds. The second kappa shape index (κ2) is 8.04. The van der Waals surface area contributed by atoms with E-state index in [0.29, 0.717) is 12.2 Å². The van der Waals surface area contributed by atoms with Crippen molar-refractivity contribution in [2.45, 2.75) is 36.6 Å². The van der Waals surface area contributed by atoms with Crippen molar-refractivity contribution in [2.24, 2.45) is 0 Å². The molecule has 0 aliphatic heterocycles. The Morgan fingerprint density at radius 3 is 2.40 bits per heavy atom. The molecule has 0 aromatic heterocycles. The van der Waals surface area contributed by atoms with Gasteiger partial charge < -0.3 is 10.6 Å². The lowest BCUT2D eigenvalue weighted by atomic mass is 10.2. The Kier molecular flexibility index (Phi) is 6.70. The lowest BCUT2D eigenvalue weighted by Crippen LogP contribution is -2.29. The van der Waals surface area contributed by atoms with E-state index in [1.54, 1.807) is 0 Å². The zero-order chi connectivity index (χ0) is 15.0. The Balaban J connectivity index is 2.39. The number of anilines is 1. The SMILES string of the molecule is CCCCCNC(=O)Nc1ccc(SC(F)(F)F)cc1. The van der Waals surface area contributed by atoms with Crippen LogP contribution in [0.3, 0.4) is 0 Å². The maximum atomic E-state index is 12.1. The number of carbonyl (C=O) groups is 1. The van der Waals surface area contributed by atoms with Crippen molar-refractivity contribution >= 4 is 23.5 Å². The minimum absolute atomic E-state index is 0.0893. The van der Waals surface area contributed by atoms with E-state index in [1.165, 1.54) is 24.3 Å². The first-order chi connectivity index (χ1) is 9.40.